The van der Waals surface area contributed by atoms with E-state index in [1.165, 1.54) is 5.56 Å². The summed E-state index contributed by atoms with van der Waals surface area (Å²) in [5, 5.41) is 14.1. The number of carbonyl (C=O) groups is 2. The number of amides is 1. The lowest BCUT2D eigenvalue weighted by atomic mass is 9.79. The molecule has 0 saturated heterocycles. The van der Waals surface area contributed by atoms with Gasteiger partial charge in [0.05, 0.1) is 5.92 Å². The monoisotopic (exact) mass is 373 g/mol. The van der Waals surface area contributed by atoms with Crippen LogP contribution in [0.4, 0.5) is 5.69 Å². The van der Waals surface area contributed by atoms with Gasteiger partial charge in [-0.05, 0) is 66.1 Å². The standard InChI is InChI=1S/C24H23NO3/c26-23(22-7-3-5-18-4-1-2-6-21(18)22)25-20-14-12-17(13-15-20)16-8-10-19(11-9-16)24(27)28/h1-7,12-16,19H,8-11H2,(H,25,26)(H,27,28)/t16-,19-. The number of nitrogens with one attached hydrogen (secondary N) is 1. The predicted octanol–water partition coefficient (Wildman–Crippen LogP) is 5.45. The molecule has 2 N–H and O–H groups in total. The van der Waals surface area contributed by atoms with E-state index in [9.17, 15) is 9.59 Å². The maximum atomic E-state index is 12.7. The van der Waals surface area contributed by atoms with Crippen molar-refractivity contribution in [2.24, 2.45) is 5.92 Å². The molecular weight excluding hydrogens is 350 g/mol. The van der Waals surface area contributed by atoms with Crippen LogP contribution in [-0.4, -0.2) is 17.0 Å². The topological polar surface area (TPSA) is 66.4 Å². The van der Waals surface area contributed by atoms with Gasteiger partial charge in [-0.3, -0.25) is 9.59 Å². The van der Waals surface area contributed by atoms with Gasteiger partial charge in [0.1, 0.15) is 0 Å². The minimum Gasteiger partial charge on any atom is -0.481 e. The first kappa shape index (κ1) is 18.2. The summed E-state index contributed by atoms with van der Waals surface area (Å²) < 4.78 is 0. The lowest BCUT2D eigenvalue weighted by Gasteiger charge is -2.26. The predicted molar refractivity (Wildman–Crippen MR) is 111 cm³/mol. The Hall–Kier alpha value is -3.14. The highest BCUT2D eigenvalue weighted by atomic mass is 16.4. The van der Waals surface area contributed by atoms with Gasteiger partial charge in [-0.2, -0.15) is 0 Å². The zero-order valence-electron chi connectivity index (χ0n) is 15.6. The molecule has 1 saturated carbocycles. The Kier molecular flexibility index (Phi) is 5.11. The van der Waals surface area contributed by atoms with Gasteiger partial charge in [-0.1, -0.05) is 48.5 Å². The Bertz CT molecular complexity index is 997. The quantitative estimate of drug-likeness (QED) is 0.639. The maximum Gasteiger partial charge on any atom is 0.306 e. The maximum absolute atomic E-state index is 12.7. The molecule has 1 aliphatic carbocycles. The van der Waals surface area contributed by atoms with Gasteiger partial charge in [-0.25, -0.2) is 0 Å². The van der Waals surface area contributed by atoms with Crippen LogP contribution >= 0.6 is 0 Å². The van der Waals surface area contributed by atoms with Gasteiger partial charge in [0.25, 0.3) is 5.91 Å². The highest BCUT2D eigenvalue weighted by Gasteiger charge is 2.26. The molecule has 0 radical (unpaired) electrons. The van der Waals surface area contributed by atoms with E-state index >= 15 is 0 Å². The normalized spacial score (nSPS) is 19.3. The van der Waals surface area contributed by atoms with Crippen molar-refractivity contribution in [3.05, 3.63) is 77.9 Å². The van der Waals surface area contributed by atoms with Crippen molar-refractivity contribution in [1.29, 1.82) is 0 Å². The summed E-state index contributed by atoms with van der Waals surface area (Å²) in [5.41, 5.74) is 2.64. The Morgan fingerprint density at radius 3 is 2.21 bits per heavy atom. The molecule has 3 aromatic rings. The van der Waals surface area contributed by atoms with Crippen LogP contribution in [0, 0.1) is 5.92 Å². The first-order chi connectivity index (χ1) is 13.6. The Morgan fingerprint density at radius 2 is 1.50 bits per heavy atom. The molecule has 0 heterocycles. The second-order valence-electron chi connectivity index (χ2n) is 7.49. The molecule has 0 spiro atoms. The smallest absolute Gasteiger partial charge is 0.306 e. The van der Waals surface area contributed by atoms with Crippen LogP contribution in [0.3, 0.4) is 0 Å². The van der Waals surface area contributed by atoms with Crippen LogP contribution in [0.1, 0.15) is 47.5 Å². The van der Waals surface area contributed by atoms with Crippen LogP contribution in [0.25, 0.3) is 10.8 Å². The summed E-state index contributed by atoms with van der Waals surface area (Å²) >= 11 is 0. The highest BCUT2D eigenvalue weighted by molar-refractivity contribution is 6.12. The second kappa shape index (κ2) is 7.85. The van der Waals surface area contributed by atoms with Crippen LogP contribution in [0.2, 0.25) is 0 Å². The lowest BCUT2D eigenvalue weighted by Crippen LogP contribution is -2.20. The van der Waals surface area contributed by atoms with Crippen molar-refractivity contribution in [2.75, 3.05) is 5.32 Å². The van der Waals surface area contributed by atoms with E-state index in [0.29, 0.717) is 11.5 Å². The van der Waals surface area contributed by atoms with Crippen LogP contribution in [0.5, 0.6) is 0 Å². The minimum atomic E-state index is -0.676. The summed E-state index contributed by atoms with van der Waals surface area (Å²) in [6.07, 6.45) is 3.27. The molecule has 1 fully saturated rings. The number of carboxylic acid groups (broad SMARTS) is 1. The van der Waals surface area contributed by atoms with E-state index in [4.69, 9.17) is 5.11 Å². The SMILES string of the molecule is O=C(Nc1ccc([C@H]2CC[C@H](C(=O)O)CC2)cc1)c1cccc2ccccc12. The van der Waals surface area contributed by atoms with Gasteiger partial charge >= 0.3 is 5.97 Å². The molecule has 0 atom stereocenters. The van der Waals surface area contributed by atoms with Gasteiger partial charge in [0.15, 0.2) is 0 Å². The molecular formula is C24H23NO3. The van der Waals surface area contributed by atoms with Crippen molar-refractivity contribution >= 4 is 28.3 Å². The van der Waals surface area contributed by atoms with E-state index in [2.05, 4.69) is 5.32 Å². The molecule has 4 rings (SSSR count). The van der Waals surface area contributed by atoms with Gasteiger partial charge in [0, 0.05) is 11.3 Å². The lowest BCUT2D eigenvalue weighted by molar-refractivity contribution is -0.142. The number of benzene rings is 3. The molecule has 1 amide bonds. The number of hydrogen-bond acceptors (Lipinski definition) is 2. The number of carboxylic acids is 1. The van der Waals surface area contributed by atoms with E-state index in [-0.39, 0.29) is 11.8 Å². The van der Waals surface area contributed by atoms with Crippen molar-refractivity contribution < 1.29 is 14.7 Å². The minimum absolute atomic E-state index is 0.119. The molecule has 28 heavy (non-hydrogen) atoms. The summed E-state index contributed by atoms with van der Waals surface area (Å²) in [7, 11) is 0. The number of rotatable bonds is 4. The molecule has 0 aromatic heterocycles. The van der Waals surface area contributed by atoms with E-state index in [0.717, 1.165) is 42.1 Å². The molecule has 0 unspecified atom stereocenters. The molecule has 4 heteroatoms. The van der Waals surface area contributed by atoms with Crippen molar-refractivity contribution in [1.82, 2.24) is 0 Å². The summed E-state index contributed by atoms with van der Waals surface area (Å²) in [4.78, 5) is 23.9. The van der Waals surface area contributed by atoms with Crippen molar-refractivity contribution in [3.8, 4) is 0 Å². The van der Waals surface area contributed by atoms with Crippen molar-refractivity contribution in [2.45, 2.75) is 31.6 Å². The average molecular weight is 373 g/mol. The molecule has 1 aliphatic rings. The van der Waals surface area contributed by atoms with Gasteiger partial charge < -0.3 is 10.4 Å². The first-order valence-electron chi connectivity index (χ1n) is 9.73. The number of aliphatic carboxylic acids is 1. The molecule has 0 aliphatic heterocycles. The largest absolute Gasteiger partial charge is 0.481 e. The summed E-state index contributed by atoms with van der Waals surface area (Å²) in [6.45, 7) is 0. The molecule has 3 aromatic carbocycles. The number of carbonyl (C=O) groups excluding carboxylic acids is 1. The van der Waals surface area contributed by atoms with E-state index in [1.807, 2.05) is 66.7 Å². The fourth-order valence-electron chi connectivity index (χ4n) is 4.13. The molecule has 0 bridgehead atoms. The Labute approximate surface area is 164 Å². The summed E-state index contributed by atoms with van der Waals surface area (Å²) in [6, 6.07) is 21.6. The molecule has 142 valence electrons. The third-order valence-electron chi connectivity index (χ3n) is 5.75. The summed E-state index contributed by atoms with van der Waals surface area (Å²) in [5.74, 6) is -0.592. The van der Waals surface area contributed by atoms with Crippen molar-refractivity contribution in [3.63, 3.8) is 0 Å². The zero-order valence-corrected chi connectivity index (χ0v) is 15.6. The van der Waals surface area contributed by atoms with E-state index < -0.39 is 5.97 Å². The van der Waals surface area contributed by atoms with Gasteiger partial charge in [0.2, 0.25) is 0 Å². The van der Waals surface area contributed by atoms with E-state index in [1.54, 1.807) is 0 Å². The fourth-order valence-corrected chi connectivity index (χ4v) is 4.13. The van der Waals surface area contributed by atoms with Crippen LogP contribution in [0.15, 0.2) is 66.7 Å². The first-order valence-corrected chi connectivity index (χ1v) is 9.73. The van der Waals surface area contributed by atoms with Crippen LogP contribution in [-0.2, 0) is 4.79 Å². The van der Waals surface area contributed by atoms with Crippen LogP contribution < -0.4 is 5.32 Å². The fraction of sp³-hybridized carbons (Fsp3) is 0.250. The molecule has 4 nitrogen and oxygen atoms in total. The number of hydrogen-bond donors (Lipinski definition) is 2. The third kappa shape index (κ3) is 3.77. The average Bonchev–Trinajstić information content (AvgIpc) is 2.74. The Balaban J connectivity index is 1.45. The highest BCUT2D eigenvalue weighted by Crippen LogP contribution is 2.36. The number of fused-ring (bicyclic) bond motifs is 1. The second-order valence-corrected chi connectivity index (χ2v) is 7.49. The number of anilines is 1. The zero-order chi connectivity index (χ0) is 19.5. The Morgan fingerprint density at radius 1 is 0.821 bits per heavy atom. The van der Waals surface area contributed by atoms with Gasteiger partial charge in [-0.15, -0.1) is 0 Å². The third-order valence-corrected chi connectivity index (χ3v) is 5.75.